The third kappa shape index (κ3) is 3.44. The number of hydrogen-bond acceptors (Lipinski definition) is 4. The van der Waals surface area contributed by atoms with Gasteiger partial charge < -0.3 is 0 Å². The molecule has 0 unspecified atom stereocenters. The van der Waals surface area contributed by atoms with Crippen molar-refractivity contribution >= 4 is 20.8 Å². The molecular weight excluding hydrogens is 242 g/mol. The number of hydrogen-bond donors (Lipinski definition) is 0. The Bertz CT molecular complexity index is 347. The highest BCUT2D eigenvalue weighted by atomic mass is 32.3. The number of halogens is 4. The van der Waals surface area contributed by atoms with E-state index in [1.165, 1.54) is 0 Å². The van der Waals surface area contributed by atoms with Crippen molar-refractivity contribution in [2.45, 2.75) is 13.0 Å². The van der Waals surface area contributed by atoms with Gasteiger partial charge in [0.1, 0.15) is 0 Å². The molecule has 0 atom stereocenters. The largest absolute Gasteiger partial charge is 0.395 e. The van der Waals surface area contributed by atoms with Gasteiger partial charge in [0.15, 0.2) is 0 Å². The molecule has 0 aromatic carbocycles. The molecule has 0 heterocycles. The fraction of sp³-hybridized carbons (Fsp3) is 1.00. The standard InChI is InChI=1S/C2H3F4NO4S2/c1-2(3,4)7(12(5,8)9)13(6,10)11/h1H3. The minimum atomic E-state index is -6.36. The lowest BCUT2D eigenvalue weighted by molar-refractivity contribution is -0.0470. The molecule has 0 bridgehead atoms. The van der Waals surface area contributed by atoms with Crippen LogP contribution in [-0.2, 0) is 20.8 Å². The van der Waals surface area contributed by atoms with E-state index in [0.29, 0.717) is 0 Å². The zero-order chi connectivity index (χ0) is 11.1. The quantitative estimate of drug-likeness (QED) is 0.408. The molecule has 0 spiro atoms. The van der Waals surface area contributed by atoms with Crippen LogP contribution in [0.4, 0.5) is 16.6 Å². The molecular formula is C2H3F4NO4S2. The summed E-state index contributed by atoms with van der Waals surface area (Å²) in [6.45, 7) is -0.290. The van der Waals surface area contributed by atoms with Crippen molar-refractivity contribution < 1.29 is 33.4 Å². The second kappa shape index (κ2) is 3.06. The molecule has 5 nitrogen and oxygen atoms in total. The fourth-order valence-electron chi connectivity index (χ4n) is 0.489. The van der Waals surface area contributed by atoms with E-state index in [-0.39, 0.29) is 6.92 Å². The molecule has 0 fully saturated rings. The first-order valence-electron chi connectivity index (χ1n) is 2.44. The van der Waals surface area contributed by atoms with Crippen LogP contribution in [0.2, 0.25) is 0 Å². The summed E-state index contributed by atoms with van der Waals surface area (Å²) in [7, 11) is -12.7. The molecule has 0 saturated carbocycles. The Labute approximate surface area is 71.6 Å². The molecule has 0 saturated heterocycles. The van der Waals surface area contributed by atoms with E-state index in [2.05, 4.69) is 0 Å². The molecule has 0 aliphatic rings. The summed E-state index contributed by atoms with van der Waals surface area (Å²) in [5.41, 5.74) is 0. The molecule has 13 heavy (non-hydrogen) atoms. The summed E-state index contributed by atoms with van der Waals surface area (Å²) in [6, 6.07) is -4.71. The Morgan fingerprint density at radius 2 is 1.23 bits per heavy atom. The van der Waals surface area contributed by atoms with Gasteiger partial charge in [-0.1, -0.05) is 7.77 Å². The molecule has 0 aromatic rings. The SMILES string of the molecule is CC(F)(F)N(S(=O)(=O)F)S(=O)(=O)F. The highest BCUT2D eigenvalue weighted by molar-refractivity contribution is 7.99. The number of alkyl halides is 2. The number of rotatable bonds is 3. The van der Waals surface area contributed by atoms with Gasteiger partial charge in [-0.15, -0.1) is 0 Å². The predicted octanol–water partition coefficient (Wildman–Crippen LogP) is 0.330. The summed E-state index contributed by atoms with van der Waals surface area (Å²) in [5.74, 6) is 0. The van der Waals surface area contributed by atoms with E-state index >= 15 is 0 Å². The summed E-state index contributed by atoms with van der Waals surface area (Å²) in [4.78, 5) is 0. The average Bonchev–Trinajstić information content (AvgIpc) is 1.44. The minimum Gasteiger partial charge on any atom is -0.186 e. The van der Waals surface area contributed by atoms with Crippen molar-refractivity contribution in [2.24, 2.45) is 0 Å². The summed E-state index contributed by atoms with van der Waals surface area (Å²) in [5, 5.41) is 0. The first-order valence-corrected chi connectivity index (χ1v) is 5.12. The molecule has 0 aromatic heterocycles. The van der Waals surface area contributed by atoms with E-state index in [9.17, 15) is 33.4 Å². The van der Waals surface area contributed by atoms with Gasteiger partial charge >= 0.3 is 26.9 Å². The van der Waals surface area contributed by atoms with E-state index < -0.39 is 30.6 Å². The molecule has 80 valence electrons. The molecule has 0 N–H and O–H groups in total. The highest BCUT2D eigenvalue weighted by Crippen LogP contribution is 2.27. The van der Waals surface area contributed by atoms with Crippen LogP contribution in [0, 0.1) is 0 Å². The van der Waals surface area contributed by atoms with Crippen molar-refractivity contribution in [3.63, 3.8) is 0 Å². The van der Waals surface area contributed by atoms with Gasteiger partial charge in [-0.3, -0.25) is 0 Å². The lowest BCUT2D eigenvalue weighted by atomic mass is 10.7. The van der Waals surface area contributed by atoms with Gasteiger partial charge in [-0.2, -0.15) is 25.6 Å². The van der Waals surface area contributed by atoms with Gasteiger partial charge in [-0.05, 0) is 0 Å². The Balaban J connectivity index is 5.56. The molecule has 0 amide bonds. The maximum atomic E-state index is 12.1. The van der Waals surface area contributed by atoms with Crippen molar-refractivity contribution in [1.29, 1.82) is 0 Å². The average molecular weight is 245 g/mol. The van der Waals surface area contributed by atoms with Crippen molar-refractivity contribution in [3.8, 4) is 0 Å². The Morgan fingerprint density at radius 1 is 1.00 bits per heavy atom. The number of nitrogens with zero attached hydrogens (tertiary/aromatic N) is 1. The zero-order valence-electron chi connectivity index (χ0n) is 5.91. The van der Waals surface area contributed by atoms with Crippen LogP contribution in [0.25, 0.3) is 0 Å². The van der Waals surface area contributed by atoms with Crippen molar-refractivity contribution in [1.82, 2.24) is 3.71 Å². The van der Waals surface area contributed by atoms with Crippen molar-refractivity contribution in [2.75, 3.05) is 0 Å². The lowest BCUT2D eigenvalue weighted by Gasteiger charge is -2.18. The lowest BCUT2D eigenvalue weighted by Crippen LogP contribution is -2.43. The van der Waals surface area contributed by atoms with Gasteiger partial charge in [0.25, 0.3) is 0 Å². The minimum absolute atomic E-state index is 0.290. The maximum absolute atomic E-state index is 12.1. The Hall–Kier alpha value is -0.420. The topological polar surface area (TPSA) is 71.5 Å². The first kappa shape index (κ1) is 12.6. The molecule has 0 radical (unpaired) electrons. The van der Waals surface area contributed by atoms with Gasteiger partial charge in [0, 0.05) is 10.6 Å². The maximum Gasteiger partial charge on any atom is 0.395 e. The van der Waals surface area contributed by atoms with Gasteiger partial charge in [0.2, 0.25) is 0 Å². The predicted molar refractivity (Wildman–Crippen MR) is 32.5 cm³/mol. The zero-order valence-corrected chi connectivity index (χ0v) is 7.54. The van der Waals surface area contributed by atoms with E-state index in [1.54, 1.807) is 0 Å². The van der Waals surface area contributed by atoms with Crippen LogP contribution in [-0.4, -0.2) is 26.6 Å². The third-order valence-electron chi connectivity index (χ3n) is 0.717. The van der Waals surface area contributed by atoms with Crippen LogP contribution in [0.5, 0.6) is 0 Å². The van der Waals surface area contributed by atoms with E-state index in [1.807, 2.05) is 0 Å². The second-order valence-electron chi connectivity index (χ2n) is 1.92. The Morgan fingerprint density at radius 3 is 1.23 bits per heavy atom. The summed E-state index contributed by atoms with van der Waals surface area (Å²) >= 11 is 0. The molecule has 11 heteroatoms. The van der Waals surface area contributed by atoms with Crippen LogP contribution >= 0.6 is 0 Å². The van der Waals surface area contributed by atoms with Crippen LogP contribution < -0.4 is 0 Å². The van der Waals surface area contributed by atoms with Gasteiger partial charge in [-0.25, -0.2) is 0 Å². The first-order chi connectivity index (χ1) is 5.37. The van der Waals surface area contributed by atoms with Crippen LogP contribution in [0.3, 0.4) is 0 Å². The second-order valence-corrected chi connectivity index (χ2v) is 4.53. The summed E-state index contributed by atoms with van der Waals surface area (Å²) in [6.07, 6.45) is 0. The Kier molecular flexibility index (Phi) is 2.96. The van der Waals surface area contributed by atoms with E-state index in [4.69, 9.17) is 0 Å². The normalized spacial score (nSPS) is 14.9. The smallest absolute Gasteiger partial charge is 0.186 e. The van der Waals surface area contributed by atoms with Gasteiger partial charge in [0.05, 0.1) is 0 Å². The molecule has 0 aliphatic carbocycles. The molecule has 0 aliphatic heterocycles. The van der Waals surface area contributed by atoms with Crippen molar-refractivity contribution in [3.05, 3.63) is 0 Å². The molecule has 0 rings (SSSR count). The highest BCUT2D eigenvalue weighted by Gasteiger charge is 2.50. The summed E-state index contributed by atoms with van der Waals surface area (Å²) < 4.78 is 84.8. The fourth-order valence-corrected chi connectivity index (χ4v) is 2.11. The van der Waals surface area contributed by atoms with Crippen LogP contribution in [0.15, 0.2) is 0 Å². The third-order valence-corrected chi connectivity index (χ3v) is 3.22. The van der Waals surface area contributed by atoms with Crippen LogP contribution in [0.1, 0.15) is 6.92 Å². The monoisotopic (exact) mass is 245 g/mol. The van der Waals surface area contributed by atoms with E-state index in [0.717, 1.165) is 0 Å².